The molecule has 0 fully saturated rings. The smallest absolute Gasteiger partial charge is 0.0771 e. The molecule has 0 bridgehead atoms. The van der Waals surface area contributed by atoms with Gasteiger partial charge in [-0.1, -0.05) is 61.8 Å². The summed E-state index contributed by atoms with van der Waals surface area (Å²) in [5, 5.41) is 2.62. The number of hydrogen-bond donors (Lipinski definition) is 0. The van der Waals surface area contributed by atoms with Gasteiger partial charge in [-0.15, -0.1) is 0 Å². The minimum absolute atomic E-state index is 0.872. The van der Waals surface area contributed by atoms with E-state index in [0.29, 0.717) is 0 Å². The molecule has 0 saturated heterocycles. The first-order valence-corrected chi connectivity index (χ1v) is 11.4. The molecule has 1 aliphatic carbocycles. The van der Waals surface area contributed by atoms with E-state index in [-0.39, 0.29) is 0 Å². The Morgan fingerprint density at radius 1 is 1.15 bits per heavy atom. The highest BCUT2D eigenvalue weighted by Gasteiger charge is 2.26. The summed E-state index contributed by atoms with van der Waals surface area (Å²) < 4.78 is 23.0. The Morgan fingerprint density at radius 2 is 1.77 bits per heavy atom. The molecule has 0 heterocycles. The van der Waals surface area contributed by atoms with Crippen molar-refractivity contribution in [3.63, 3.8) is 0 Å². The lowest BCUT2D eigenvalue weighted by Crippen LogP contribution is -2.24. The topological polar surface area (TPSA) is 0 Å². The molecule has 1 aliphatic rings. The fourth-order valence-corrected chi connectivity index (χ4v) is 4.08. The van der Waals surface area contributed by atoms with Gasteiger partial charge in [0.15, 0.2) is 0 Å². The average molecular weight is 213 g/mol. The molecule has 0 nitrogen and oxygen atoms in total. The molecule has 0 amide bonds. The summed E-state index contributed by atoms with van der Waals surface area (Å²) in [6, 6.07) is 0. The third-order valence-corrected chi connectivity index (χ3v) is 6.57. The molecule has 13 heavy (non-hydrogen) atoms. The number of hydrogen-bond acceptors (Lipinski definition) is 0. The van der Waals surface area contributed by atoms with Crippen LogP contribution in [0.3, 0.4) is 0 Å². The van der Waals surface area contributed by atoms with Crippen LogP contribution >= 0.6 is 0 Å². The van der Waals surface area contributed by atoms with Gasteiger partial charge in [0.05, 0.1) is 16.1 Å². The minimum Gasteiger partial charge on any atom is -0.0816 e. The second-order valence-corrected chi connectivity index (χ2v) is 14.4. The van der Waals surface area contributed by atoms with Gasteiger partial charge in [0, 0.05) is 4.11 Å². The molecule has 0 atom stereocenters. The standard InChI is InChI=1S/C11H22Si2/c1-12(2,3)10-7-8-11(9-10)13(4,5)6/h7,9H,8H2,1-6H3/i4D3. The average Bonchev–Trinajstić information content (AvgIpc) is 2.47. The maximum absolute atomic E-state index is 7.66. The second kappa shape index (κ2) is 3.24. The first-order valence-electron chi connectivity index (χ1n) is 6.38. The van der Waals surface area contributed by atoms with Crippen LogP contribution in [0.5, 0.6) is 0 Å². The van der Waals surface area contributed by atoms with E-state index >= 15 is 0 Å². The SMILES string of the molecule is [2H]C([2H])([2H])[Si](C)(C)C1=CC([Si](C)(C)C)=CC1. The lowest BCUT2D eigenvalue weighted by molar-refractivity contribution is 1.35. The molecular weight excluding hydrogens is 188 g/mol. The normalized spacial score (nSPS) is 23.0. The Kier molecular flexibility index (Phi) is 1.81. The van der Waals surface area contributed by atoms with Crippen molar-refractivity contribution >= 4 is 16.1 Å². The summed E-state index contributed by atoms with van der Waals surface area (Å²) in [7, 11) is -3.54. The van der Waals surface area contributed by atoms with Crippen LogP contribution in [0, 0.1) is 0 Å². The molecule has 0 spiro atoms. The van der Waals surface area contributed by atoms with Gasteiger partial charge in [-0.05, 0) is 6.42 Å². The van der Waals surface area contributed by atoms with Crippen molar-refractivity contribution in [2.45, 2.75) is 45.6 Å². The largest absolute Gasteiger partial charge is 0.0816 e. The molecule has 0 N–H and O–H groups in total. The quantitative estimate of drug-likeness (QED) is 0.608. The van der Waals surface area contributed by atoms with E-state index in [2.05, 4.69) is 31.8 Å². The molecule has 0 aromatic carbocycles. The number of rotatable bonds is 2. The first kappa shape index (κ1) is 7.24. The van der Waals surface area contributed by atoms with Gasteiger partial charge in [-0.2, -0.15) is 0 Å². The van der Waals surface area contributed by atoms with Gasteiger partial charge in [0.2, 0.25) is 0 Å². The molecule has 1 rings (SSSR count). The van der Waals surface area contributed by atoms with Crippen LogP contribution in [-0.2, 0) is 0 Å². The molecular formula is C11H22Si2. The maximum atomic E-state index is 7.66. The zero-order valence-electron chi connectivity index (χ0n) is 12.4. The maximum Gasteiger partial charge on any atom is 0.0771 e. The van der Waals surface area contributed by atoms with Gasteiger partial charge in [0.1, 0.15) is 0 Å². The Labute approximate surface area is 89.0 Å². The van der Waals surface area contributed by atoms with Gasteiger partial charge < -0.3 is 0 Å². The molecule has 0 radical (unpaired) electrons. The first-order chi connectivity index (χ1) is 6.96. The van der Waals surface area contributed by atoms with Crippen molar-refractivity contribution in [1.82, 2.24) is 0 Å². The summed E-state index contributed by atoms with van der Waals surface area (Å²) >= 11 is 0. The Morgan fingerprint density at radius 3 is 2.15 bits per heavy atom. The van der Waals surface area contributed by atoms with E-state index in [1.807, 2.05) is 13.1 Å². The van der Waals surface area contributed by atoms with Gasteiger partial charge in [-0.3, -0.25) is 0 Å². The van der Waals surface area contributed by atoms with Crippen LogP contribution < -0.4 is 0 Å². The summed E-state index contributed by atoms with van der Waals surface area (Å²) in [4.78, 5) is 0. The summed E-state index contributed by atoms with van der Waals surface area (Å²) in [5.41, 5.74) is 0. The van der Waals surface area contributed by atoms with Crippen molar-refractivity contribution < 1.29 is 4.11 Å². The van der Waals surface area contributed by atoms with E-state index in [0.717, 1.165) is 6.42 Å². The summed E-state index contributed by atoms with van der Waals surface area (Å²) in [6.45, 7) is 9.08. The van der Waals surface area contributed by atoms with E-state index in [4.69, 9.17) is 4.11 Å². The fourth-order valence-electron chi connectivity index (χ4n) is 1.48. The Bertz CT molecular complexity index is 343. The van der Waals surface area contributed by atoms with Gasteiger partial charge in [0.25, 0.3) is 0 Å². The Hall–Kier alpha value is -0.0862. The molecule has 0 unspecified atom stereocenters. The number of allylic oxidation sites excluding steroid dienone is 4. The third kappa shape index (κ3) is 2.68. The lowest BCUT2D eigenvalue weighted by atomic mass is 10.5. The summed E-state index contributed by atoms with van der Waals surface area (Å²) in [6.07, 6.45) is 5.32. The zero-order chi connectivity index (χ0) is 12.8. The predicted molar refractivity (Wildman–Crippen MR) is 67.5 cm³/mol. The van der Waals surface area contributed by atoms with Crippen molar-refractivity contribution in [1.29, 1.82) is 0 Å². The molecule has 0 aromatic heterocycles. The minimum atomic E-state index is -2.26. The van der Waals surface area contributed by atoms with Crippen LogP contribution in [0.25, 0.3) is 0 Å². The van der Waals surface area contributed by atoms with E-state index < -0.39 is 22.6 Å². The molecule has 74 valence electrons. The van der Waals surface area contributed by atoms with E-state index in [1.165, 1.54) is 10.4 Å². The van der Waals surface area contributed by atoms with Crippen LogP contribution in [0.4, 0.5) is 0 Å². The van der Waals surface area contributed by atoms with Crippen molar-refractivity contribution in [2.75, 3.05) is 0 Å². The Balaban J connectivity index is 2.98. The molecule has 0 aliphatic heterocycles. The van der Waals surface area contributed by atoms with Crippen LogP contribution in [0.2, 0.25) is 39.2 Å². The highest BCUT2D eigenvalue weighted by atomic mass is 28.3. The van der Waals surface area contributed by atoms with Crippen LogP contribution in [0.15, 0.2) is 22.5 Å². The zero-order valence-corrected chi connectivity index (χ0v) is 11.4. The van der Waals surface area contributed by atoms with Crippen molar-refractivity contribution in [3.8, 4) is 0 Å². The highest BCUT2D eigenvalue weighted by Crippen LogP contribution is 2.30. The molecule has 2 heteroatoms. The highest BCUT2D eigenvalue weighted by molar-refractivity contribution is 6.86. The van der Waals surface area contributed by atoms with Gasteiger partial charge in [-0.25, -0.2) is 0 Å². The fraction of sp³-hybridized carbons (Fsp3) is 0.636. The van der Waals surface area contributed by atoms with Crippen molar-refractivity contribution in [2.24, 2.45) is 0 Å². The second-order valence-electron chi connectivity index (χ2n) is 5.41. The molecule has 0 saturated carbocycles. The predicted octanol–water partition coefficient (Wildman–Crippen LogP) is 4.00. The van der Waals surface area contributed by atoms with Crippen LogP contribution in [0.1, 0.15) is 10.5 Å². The third-order valence-electron chi connectivity index (χ3n) is 2.54. The van der Waals surface area contributed by atoms with E-state index in [9.17, 15) is 0 Å². The molecule has 0 aromatic rings. The monoisotopic (exact) mass is 213 g/mol. The van der Waals surface area contributed by atoms with Crippen molar-refractivity contribution in [3.05, 3.63) is 22.5 Å². The summed E-state index contributed by atoms with van der Waals surface area (Å²) in [5.74, 6) is 0. The van der Waals surface area contributed by atoms with Gasteiger partial charge >= 0.3 is 0 Å². The van der Waals surface area contributed by atoms with E-state index in [1.54, 1.807) is 0 Å². The lowest BCUT2D eigenvalue weighted by Gasteiger charge is -2.19. The van der Waals surface area contributed by atoms with Crippen LogP contribution in [-0.4, -0.2) is 16.1 Å².